The van der Waals surface area contributed by atoms with Crippen molar-refractivity contribution in [1.82, 2.24) is 5.32 Å². The monoisotopic (exact) mass is 352 g/mol. The number of hydrogen-bond donors (Lipinski definition) is 2. The highest BCUT2D eigenvalue weighted by atomic mass is 16.2. The molecule has 138 valence electrons. The molecule has 0 fully saturated rings. The number of rotatable bonds is 7. The van der Waals surface area contributed by atoms with Crippen molar-refractivity contribution in [2.24, 2.45) is 0 Å². The molecule has 2 aromatic rings. The van der Waals surface area contributed by atoms with Crippen LogP contribution in [-0.2, 0) is 11.2 Å². The zero-order valence-corrected chi connectivity index (χ0v) is 16.0. The molecule has 1 unspecified atom stereocenters. The van der Waals surface area contributed by atoms with Gasteiger partial charge in [-0.15, -0.1) is 0 Å². The highest BCUT2D eigenvalue weighted by molar-refractivity contribution is 5.92. The number of anilines is 1. The van der Waals surface area contributed by atoms with Crippen LogP contribution in [0.1, 0.15) is 56.2 Å². The Kier molecular flexibility index (Phi) is 6.96. The van der Waals surface area contributed by atoms with Gasteiger partial charge in [0.2, 0.25) is 0 Å². The summed E-state index contributed by atoms with van der Waals surface area (Å²) in [5, 5.41) is 5.76. The fraction of sp³-hybridized carbons (Fsp3) is 0.364. The van der Waals surface area contributed by atoms with E-state index >= 15 is 0 Å². The number of nitrogens with one attached hydrogen (secondary N) is 2. The number of carbonyl (C=O) groups is 2. The van der Waals surface area contributed by atoms with E-state index in [1.54, 1.807) is 0 Å². The number of amides is 2. The van der Waals surface area contributed by atoms with Gasteiger partial charge < -0.3 is 15.4 Å². The Balaban J connectivity index is 2.14. The van der Waals surface area contributed by atoms with Crippen molar-refractivity contribution in [3.05, 3.63) is 65.2 Å². The molecule has 4 nitrogen and oxygen atoms in total. The van der Waals surface area contributed by atoms with Crippen LogP contribution in [0.4, 0.5) is 10.5 Å². The summed E-state index contributed by atoms with van der Waals surface area (Å²) < 4.78 is 0. The number of benzene rings is 2. The first kappa shape index (κ1) is 19.7. The Morgan fingerprint density at radius 3 is 2.00 bits per heavy atom. The Labute approximate surface area is 156 Å². The SMILES string of the molecule is CC(C)c1cccc(C(C)C)c1NC(=O)NC(C=O)Cc1ccccc1. The quantitative estimate of drug-likeness (QED) is 0.699. The Morgan fingerprint density at radius 2 is 1.50 bits per heavy atom. The second kappa shape index (κ2) is 9.18. The molecule has 2 aromatic carbocycles. The number of para-hydroxylation sites is 1. The first-order chi connectivity index (χ1) is 12.4. The van der Waals surface area contributed by atoms with Gasteiger partial charge in [0.1, 0.15) is 6.29 Å². The minimum Gasteiger partial charge on any atom is -0.328 e. The van der Waals surface area contributed by atoms with Crippen LogP contribution in [0.3, 0.4) is 0 Å². The third-order valence-corrected chi connectivity index (χ3v) is 4.39. The highest BCUT2D eigenvalue weighted by Crippen LogP contribution is 2.32. The van der Waals surface area contributed by atoms with Crippen LogP contribution in [0.25, 0.3) is 0 Å². The topological polar surface area (TPSA) is 58.2 Å². The Hall–Kier alpha value is -2.62. The fourth-order valence-electron chi connectivity index (χ4n) is 3.01. The summed E-state index contributed by atoms with van der Waals surface area (Å²) in [6.45, 7) is 8.41. The minimum absolute atomic E-state index is 0.287. The largest absolute Gasteiger partial charge is 0.328 e. The molecule has 2 N–H and O–H groups in total. The third-order valence-electron chi connectivity index (χ3n) is 4.39. The van der Waals surface area contributed by atoms with Gasteiger partial charge in [-0.3, -0.25) is 0 Å². The molecule has 2 rings (SSSR count). The summed E-state index contributed by atoms with van der Waals surface area (Å²) in [7, 11) is 0. The van der Waals surface area contributed by atoms with Gasteiger partial charge in [0, 0.05) is 5.69 Å². The van der Waals surface area contributed by atoms with Crippen LogP contribution in [0.5, 0.6) is 0 Å². The average molecular weight is 352 g/mol. The van der Waals surface area contributed by atoms with Crippen molar-refractivity contribution in [3.8, 4) is 0 Å². The van der Waals surface area contributed by atoms with E-state index in [2.05, 4.69) is 38.3 Å². The maximum absolute atomic E-state index is 12.5. The molecule has 26 heavy (non-hydrogen) atoms. The van der Waals surface area contributed by atoms with E-state index in [0.717, 1.165) is 28.7 Å². The molecular weight excluding hydrogens is 324 g/mol. The van der Waals surface area contributed by atoms with E-state index in [0.29, 0.717) is 6.42 Å². The molecule has 0 spiro atoms. The lowest BCUT2D eigenvalue weighted by molar-refractivity contribution is -0.109. The zero-order valence-electron chi connectivity index (χ0n) is 16.0. The van der Waals surface area contributed by atoms with Crippen LogP contribution in [-0.4, -0.2) is 18.4 Å². The summed E-state index contributed by atoms with van der Waals surface area (Å²) in [5.41, 5.74) is 4.05. The average Bonchev–Trinajstić information content (AvgIpc) is 2.61. The summed E-state index contributed by atoms with van der Waals surface area (Å²) in [6, 6.07) is 14.8. The van der Waals surface area contributed by atoms with Gasteiger partial charge in [0.05, 0.1) is 6.04 Å². The second-order valence-electron chi connectivity index (χ2n) is 7.15. The first-order valence-corrected chi connectivity index (χ1v) is 9.12. The van der Waals surface area contributed by atoms with Gasteiger partial charge in [0.25, 0.3) is 0 Å². The van der Waals surface area contributed by atoms with Gasteiger partial charge in [-0.05, 0) is 34.9 Å². The Morgan fingerprint density at radius 1 is 0.923 bits per heavy atom. The van der Waals surface area contributed by atoms with Crippen molar-refractivity contribution >= 4 is 18.0 Å². The maximum Gasteiger partial charge on any atom is 0.319 e. The van der Waals surface area contributed by atoms with Gasteiger partial charge >= 0.3 is 6.03 Å². The summed E-state index contributed by atoms with van der Waals surface area (Å²) in [6.07, 6.45) is 1.25. The van der Waals surface area contributed by atoms with Crippen molar-refractivity contribution in [2.45, 2.75) is 52.0 Å². The van der Waals surface area contributed by atoms with Crippen LogP contribution in [0.2, 0.25) is 0 Å². The number of urea groups is 1. The molecule has 0 saturated carbocycles. The van der Waals surface area contributed by atoms with Gasteiger partial charge in [-0.1, -0.05) is 76.2 Å². The summed E-state index contributed by atoms with van der Waals surface area (Å²) >= 11 is 0. The van der Waals surface area contributed by atoms with Crippen molar-refractivity contribution in [1.29, 1.82) is 0 Å². The molecular formula is C22H28N2O2. The standard InChI is InChI=1S/C22H28N2O2/c1-15(2)19-11-8-12-20(16(3)4)21(19)24-22(26)23-18(14-25)13-17-9-6-5-7-10-17/h5-12,14-16,18H,13H2,1-4H3,(H2,23,24,26). The normalized spacial score (nSPS) is 12.1. The summed E-state index contributed by atoms with van der Waals surface area (Å²) in [5.74, 6) is 0.574. The second-order valence-corrected chi connectivity index (χ2v) is 7.15. The molecule has 0 heterocycles. The molecule has 2 amide bonds. The molecule has 0 saturated heterocycles. The van der Waals surface area contributed by atoms with E-state index in [9.17, 15) is 9.59 Å². The molecule has 4 heteroatoms. The molecule has 1 atom stereocenters. The van der Waals surface area contributed by atoms with Gasteiger partial charge in [-0.25, -0.2) is 4.79 Å². The lowest BCUT2D eigenvalue weighted by Crippen LogP contribution is -2.40. The molecule has 0 aliphatic rings. The van der Waals surface area contributed by atoms with Crippen molar-refractivity contribution in [2.75, 3.05) is 5.32 Å². The first-order valence-electron chi connectivity index (χ1n) is 9.12. The predicted molar refractivity (Wildman–Crippen MR) is 107 cm³/mol. The van der Waals surface area contributed by atoms with E-state index in [1.165, 1.54) is 0 Å². The van der Waals surface area contributed by atoms with Crippen LogP contribution >= 0.6 is 0 Å². The lowest BCUT2D eigenvalue weighted by Gasteiger charge is -2.21. The molecule has 0 aliphatic carbocycles. The molecule has 0 bridgehead atoms. The van der Waals surface area contributed by atoms with E-state index < -0.39 is 6.04 Å². The van der Waals surface area contributed by atoms with Crippen molar-refractivity contribution in [3.63, 3.8) is 0 Å². The minimum atomic E-state index is -0.564. The van der Waals surface area contributed by atoms with E-state index in [1.807, 2.05) is 48.5 Å². The fourth-order valence-corrected chi connectivity index (χ4v) is 3.01. The zero-order chi connectivity index (χ0) is 19.1. The summed E-state index contributed by atoms with van der Waals surface area (Å²) in [4.78, 5) is 23.9. The highest BCUT2D eigenvalue weighted by Gasteiger charge is 2.18. The number of hydrogen-bond acceptors (Lipinski definition) is 2. The molecule has 0 aromatic heterocycles. The number of aldehydes is 1. The van der Waals surface area contributed by atoms with Gasteiger partial charge in [-0.2, -0.15) is 0 Å². The van der Waals surface area contributed by atoms with E-state index in [-0.39, 0.29) is 17.9 Å². The van der Waals surface area contributed by atoms with Crippen LogP contribution < -0.4 is 10.6 Å². The Bertz CT molecular complexity index is 713. The van der Waals surface area contributed by atoms with Crippen molar-refractivity contribution < 1.29 is 9.59 Å². The molecule has 0 aliphatic heterocycles. The van der Waals surface area contributed by atoms with Crippen LogP contribution in [0.15, 0.2) is 48.5 Å². The predicted octanol–water partition coefficient (Wildman–Crippen LogP) is 4.87. The number of carbonyl (C=O) groups excluding carboxylic acids is 2. The van der Waals surface area contributed by atoms with E-state index in [4.69, 9.17) is 0 Å². The van der Waals surface area contributed by atoms with Crippen LogP contribution in [0, 0.1) is 0 Å². The third kappa shape index (κ3) is 5.19. The van der Waals surface area contributed by atoms with Gasteiger partial charge in [0.15, 0.2) is 0 Å². The molecule has 0 radical (unpaired) electrons. The maximum atomic E-state index is 12.5. The smallest absolute Gasteiger partial charge is 0.319 e. The lowest BCUT2D eigenvalue weighted by atomic mass is 9.93.